The Hall–Kier alpha value is -2.24. The number of pyridine rings is 1. The Bertz CT molecular complexity index is 658. The standard InChI is InChI=1S/C20H25NO4/c1-3-17-7-8-18(14-16(17)2)20(22)25-13-12-23-10-11-24-15-19-6-4-5-9-21-19/h4-9,14H,3,10-13,15H2,1-2H3. The zero-order chi connectivity index (χ0) is 17.9. The van der Waals surface area contributed by atoms with Crippen molar-refractivity contribution in [2.45, 2.75) is 26.9 Å². The van der Waals surface area contributed by atoms with Crippen molar-refractivity contribution in [3.8, 4) is 0 Å². The van der Waals surface area contributed by atoms with Crippen LogP contribution in [-0.4, -0.2) is 37.4 Å². The fourth-order valence-corrected chi connectivity index (χ4v) is 2.38. The van der Waals surface area contributed by atoms with Crippen molar-refractivity contribution in [1.82, 2.24) is 4.98 Å². The van der Waals surface area contributed by atoms with E-state index in [0.29, 0.717) is 32.0 Å². The molecule has 2 rings (SSSR count). The molecule has 0 saturated heterocycles. The molecule has 0 atom stereocenters. The van der Waals surface area contributed by atoms with Gasteiger partial charge in [-0.05, 0) is 48.7 Å². The van der Waals surface area contributed by atoms with E-state index in [4.69, 9.17) is 14.2 Å². The molecule has 5 nitrogen and oxygen atoms in total. The van der Waals surface area contributed by atoms with Crippen molar-refractivity contribution in [3.63, 3.8) is 0 Å². The highest BCUT2D eigenvalue weighted by atomic mass is 16.6. The van der Waals surface area contributed by atoms with Gasteiger partial charge in [-0.2, -0.15) is 0 Å². The van der Waals surface area contributed by atoms with Crippen LogP contribution in [0.3, 0.4) is 0 Å². The van der Waals surface area contributed by atoms with Gasteiger partial charge in [-0.25, -0.2) is 4.79 Å². The first-order valence-electron chi connectivity index (χ1n) is 8.52. The monoisotopic (exact) mass is 343 g/mol. The van der Waals surface area contributed by atoms with Gasteiger partial charge >= 0.3 is 5.97 Å². The number of ether oxygens (including phenoxy) is 3. The third kappa shape index (κ3) is 6.64. The number of carbonyl (C=O) groups is 1. The van der Waals surface area contributed by atoms with Crippen LogP contribution in [0.5, 0.6) is 0 Å². The Kier molecular flexibility index (Phi) is 8.09. The minimum atomic E-state index is -0.319. The van der Waals surface area contributed by atoms with Crippen LogP contribution in [0, 0.1) is 6.92 Å². The lowest BCUT2D eigenvalue weighted by Crippen LogP contribution is -2.13. The lowest BCUT2D eigenvalue weighted by atomic mass is 10.0. The van der Waals surface area contributed by atoms with Crippen molar-refractivity contribution in [2.75, 3.05) is 26.4 Å². The summed E-state index contributed by atoms with van der Waals surface area (Å²) in [4.78, 5) is 16.1. The van der Waals surface area contributed by atoms with Crippen molar-refractivity contribution in [3.05, 3.63) is 65.0 Å². The van der Waals surface area contributed by atoms with Gasteiger partial charge in [0.1, 0.15) is 6.61 Å². The molecule has 0 spiro atoms. The molecule has 5 heteroatoms. The average molecular weight is 343 g/mol. The summed E-state index contributed by atoms with van der Waals surface area (Å²) in [5.41, 5.74) is 3.82. The normalized spacial score (nSPS) is 10.6. The fourth-order valence-electron chi connectivity index (χ4n) is 2.38. The Morgan fingerprint density at radius 2 is 1.84 bits per heavy atom. The maximum absolute atomic E-state index is 12.0. The van der Waals surface area contributed by atoms with E-state index in [1.807, 2.05) is 37.3 Å². The summed E-state index contributed by atoms with van der Waals surface area (Å²) in [5.74, 6) is -0.319. The Labute approximate surface area is 148 Å². The van der Waals surface area contributed by atoms with Crippen LogP contribution in [0.15, 0.2) is 42.6 Å². The summed E-state index contributed by atoms with van der Waals surface area (Å²) < 4.78 is 16.1. The zero-order valence-electron chi connectivity index (χ0n) is 14.9. The number of carbonyl (C=O) groups excluding carboxylic acids is 1. The predicted molar refractivity (Wildman–Crippen MR) is 95.6 cm³/mol. The minimum Gasteiger partial charge on any atom is -0.460 e. The molecule has 134 valence electrons. The second-order valence-corrected chi connectivity index (χ2v) is 5.62. The number of hydrogen-bond acceptors (Lipinski definition) is 5. The number of esters is 1. The van der Waals surface area contributed by atoms with Gasteiger partial charge < -0.3 is 14.2 Å². The van der Waals surface area contributed by atoms with Gasteiger partial charge in [-0.3, -0.25) is 4.98 Å². The Balaban J connectivity index is 1.55. The quantitative estimate of drug-likeness (QED) is 0.489. The number of hydrogen-bond donors (Lipinski definition) is 0. The third-order valence-corrected chi connectivity index (χ3v) is 3.77. The highest BCUT2D eigenvalue weighted by Crippen LogP contribution is 2.12. The van der Waals surface area contributed by atoms with E-state index in [2.05, 4.69) is 11.9 Å². The highest BCUT2D eigenvalue weighted by Gasteiger charge is 2.08. The number of aromatic nitrogens is 1. The van der Waals surface area contributed by atoms with Crippen LogP contribution in [-0.2, 0) is 27.2 Å². The summed E-state index contributed by atoms with van der Waals surface area (Å²) in [5, 5.41) is 0. The zero-order valence-corrected chi connectivity index (χ0v) is 14.9. The van der Waals surface area contributed by atoms with Crippen LogP contribution in [0.25, 0.3) is 0 Å². The molecule has 0 aliphatic rings. The summed E-state index contributed by atoms with van der Waals surface area (Å²) >= 11 is 0. The number of nitrogens with zero attached hydrogens (tertiary/aromatic N) is 1. The topological polar surface area (TPSA) is 57.7 Å². The summed E-state index contributed by atoms with van der Waals surface area (Å²) in [6, 6.07) is 11.4. The second-order valence-electron chi connectivity index (χ2n) is 5.62. The number of aryl methyl sites for hydroxylation is 2. The van der Waals surface area contributed by atoms with Gasteiger partial charge in [0, 0.05) is 6.20 Å². The van der Waals surface area contributed by atoms with E-state index in [-0.39, 0.29) is 12.6 Å². The SMILES string of the molecule is CCc1ccc(C(=O)OCCOCCOCc2ccccn2)cc1C. The summed E-state index contributed by atoms with van der Waals surface area (Å²) in [7, 11) is 0. The van der Waals surface area contributed by atoms with Crippen LogP contribution < -0.4 is 0 Å². The smallest absolute Gasteiger partial charge is 0.338 e. The third-order valence-electron chi connectivity index (χ3n) is 3.77. The van der Waals surface area contributed by atoms with Crippen LogP contribution in [0.4, 0.5) is 0 Å². The van der Waals surface area contributed by atoms with Gasteiger partial charge in [-0.15, -0.1) is 0 Å². The average Bonchev–Trinajstić information content (AvgIpc) is 2.64. The van der Waals surface area contributed by atoms with E-state index in [1.54, 1.807) is 12.3 Å². The predicted octanol–water partition coefficient (Wildman–Crippen LogP) is 3.34. The molecule has 25 heavy (non-hydrogen) atoms. The lowest BCUT2D eigenvalue weighted by molar-refractivity contribution is 0.0112. The molecule has 1 aromatic heterocycles. The number of rotatable bonds is 10. The molecular weight excluding hydrogens is 318 g/mol. The van der Waals surface area contributed by atoms with Crippen molar-refractivity contribution >= 4 is 5.97 Å². The molecule has 0 aliphatic carbocycles. The molecule has 0 radical (unpaired) electrons. The van der Waals surface area contributed by atoms with E-state index < -0.39 is 0 Å². The molecule has 1 aromatic carbocycles. The molecule has 0 bridgehead atoms. The molecule has 0 fully saturated rings. The second kappa shape index (κ2) is 10.6. The van der Waals surface area contributed by atoms with Gasteiger partial charge in [0.25, 0.3) is 0 Å². The molecule has 0 saturated carbocycles. The van der Waals surface area contributed by atoms with Gasteiger partial charge in [0.05, 0.1) is 37.7 Å². The van der Waals surface area contributed by atoms with Crippen molar-refractivity contribution in [1.29, 1.82) is 0 Å². The summed E-state index contributed by atoms with van der Waals surface area (Å²) in [6.07, 6.45) is 2.69. The van der Waals surface area contributed by atoms with Crippen LogP contribution >= 0.6 is 0 Å². The molecule has 0 amide bonds. The van der Waals surface area contributed by atoms with Crippen LogP contribution in [0.1, 0.15) is 34.1 Å². The first-order valence-corrected chi connectivity index (χ1v) is 8.52. The first kappa shape index (κ1) is 19.1. The van der Waals surface area contributed by atoms with Crippen molar-refractivity contribution < 1.29 is 19.0 Å². The van der Waals surface area contributed by atoms with Gasteiger partial charge in [0.15, 0.2) is 0 Å². The number of benzene rings is 1. The molecular formula is C20H25NO4. The van der Waals surface area contributed by atoms with Gasteiger partial charge in [-0.1, -0.05) is 19.1 Å². The molecule has 2 aromatic rings. The van der Waals surface area contributed by atoms with E-state index >= 15 is 0 Å². The van der Waals surface area contributed by atoms with E-state index in [1.165, 1.54) is 5.56 Å². The van der Waals surface area contributed by atoms with E-state index in [0.717, 1.165) is 17.7 Å². The fraction of sp³-hybridized carbons (Fsp3) is 0.400. The van der Waals surface area contributed by atoms with E-state index in [9.17, 15) is 4.79 Å². The highest BCUT2D eigenvalue weighted by molar-refractivity contribution is 5.89. The molecule has 0 unspecified atom stereocenters. The van der Waals surface area contributed by atoms with Crippen LogP contribution in [0.2, 0.25) is 0 Å². The Morgan fingerprint density at radius 3 is 2.56 bits per heavy atom. The maximum Gasteiger partial charge on any atom is 0.338 e. The molecule has 0 aliphatic heterocycles. The lowest BCUT2D eigenvalue weighted by Gasteiger charge is -2.08. The minimum absolute atomic E-state index is 0.230. The summed E-state index contributed by atoms with van der Waals surface area (Å²) in [6.45, 7) is 6.07. The van der Waals surface area contributed by atoms with Crippen molar-refractivity contribution in [2.24, 2.45) is 0 Å². The molecule has 0 N–H and O–H groups in total. The first-order chi connectivity index (χ1) is 12.2. The largest absolute Gasteiger partial charge is 0.460 e. The van der Waals surface area contributed by atoms with Gasteiger partial charge in [0.2, 0.25) is 0 Å². The molecule has 1 heterocycles. The Morgan fingerprint density at radius 1 is 1.04 bits per heavy atom. The maximum atomic E-state index is 12.0.